The van der Waals surface area contributed by atoms with Gasteiger partial charge in [-0.15, -0.1) is 0 Å². The first-order valence-corrected chi connectivity index (χ1v) is 10.4. The first kappa shape index (κ1) is 19.5. The predicted octanol–water partition coefficient (Wildman–Crippen LogP) is 6.36. The number of hydrogen-bond acceptors (Lipinski definition) is 3. The molecule has 0 unspecified atom stereocenters. The maximum absolute atomic E-state index is 13.5. The fourth-order valence-electron chi connectivity index (χ4n) is 3.81. The summed E-state index contributed by atoms with van der Waals surface area (Å²) >= 11 is 6.43. The number of halogens is 2. The van der Waals surface area contributed by atoms with E-state index in [9.17, 15) is 14.4 Å². The summed E-state index contributed by atoms with van der Waals surface area (Å²) in [6.07, 6.45) is 1.75. The maximum atomic E-state index is 13.5. The number of nitrogens with zero attached hydrogens (tertiary/aromatic N) is 3. The Labute approximate surface area is 183 Å². The number of carbonyl (C=O) groups excluding carboxylic acids is 1. The van der Waals surface area contributed by atoms with Crippen LogP contribution >= 0.6 is 11.6 Å². The highest BCUT2D eigenvalue weighted by molar-refractivity contribution is 6.33. The number of hydrogen-bond donors (Lipinski definition) is 0. The summed E-state index contributed by atoms with van der Waals surface area (Å²) in [4.78, 5) is 12.9. The lowest BCUT2D eigenvalue weighted by atomic mass is 9.96. The molecule has 1 aromatic heterocycles. The van der Waals surface area contributed by atoms with E-state index >= 15 is 0 Å². The molecule has 0 N–H and O–H groups in total. The van der Waals surface area contributed by atoms with Gasteiger partial charge in [0, 0.05) is 22.9 Å². The van der Waals surface area contributed by atoms with Gasteiger partial charge < -0.3 is 0 Å². The molecule has 6 heteroatoms. The third kappa shape index (κ3) is 3.49. The zero-order chi connectivity index (χ0) is 21.6. The number of Topliss-reactive ketones (excluding diaryl/α,β-unsaturated/α-hetero) is 1. The lowest BCUT2D eigenvalue weighted by molar-refractivity contribution is 0.0966. The van der Waals surface area contributed by atoms with Crippen molar-refractivity contribution in [2.75, 3.05) is 0 Å². The van der Waals surface area contributed by atoms with Crippen LogP contribution in [0.3, 0.4) is 0 Å². The van der Waals surface area contributed by atoms with Gasteiger partial charge in [-0.2, -0.15) is 10.4 Å². The van der Waals surface area contributed by atoms with Crippen LogP contribution in [0.15, 0.2) is 66.7 Å². The minimum atomic E-state index is -0.508. The summed E-state index contributed by atoms with van der Waals surface area (Å²) in [6, 6.07) is 21.2. The van der Waals surface area contributed by atoms with Gasteiger partial charge in [0.25, 0.3) is 0 Å². The number of aromatic nitrogens is 2. The van der Waals surface area contributed by atoms with Gasteiger partial charge in [-0.25, -0.2) is 9.07 Å². The minimum Gasteiger partial charge on any atom is -0.294 e. The van der Waals surface area contributed by atoms with Crippen molar-refractivity contribution in [3.05, 3.63) is 83.1 Å². The van der Waals surface area contributed by atoms with Crippen molar-refractivity contribution in [3.8, 4) is 23.0 Å². The SMILES string of the molecule is N#CC1(CC(=O)c2ccc3c(-c4ccccc4Cl)nn(-c4ccc(F)cc4)c3c2)CC1. The average molecular weight is 430 g/mol. The molecule has 1 heterocycles. The van der Waals surface area contributed by atoms with Crippen LogP contribution in [-0.2, 0) is 0 Å². The Kier molecular flexibility index (Phi) is 4.60. The molecule has 3 aromatic carbocycles. The van der Waals surface area contributed by atoms with Gasteiger partial charge in [0.05, 0.1) is 27.7 Å². The molecule has 1 aliphatic carbocycles. The number of ketones is 1. The molecular weight excluding hydrogens is 413 g/mol. The van der Waals surface area contributed by atoms with Crippen LogP contribution in [0.4, 0.5) is 4.39 Å². The first-order valence-electron chi connectivity index (χ1n) is 9.98. The van der Waals surface area contributed by atoms with E-state index in [1.165, 1.54) is 12.1 Å². The normalized spacial score (nSPS) is 14.4. The van der Waals surface area contributed by atoms with E-state index in [1.54, 1.807) is 35.0 Å². The van der Waals surface area contributed by atoms with Crippen LogP contribution in [0, 0.1) is 22.6 Å². The second-order valence-corrected chi connectivity index (χ2v) is 8.35. The van der Waals surface area contributed by atoms with Crippen molar-refractivity contribution in [3.63, 3.8) is 0 Å². The Morgan fingerprint density at radius 1 is 1.13 bits per heavy atom. The van der Waals surface area contributed by atoms with Crippen molar-refractivity contribution < 1.29 is 9.18 Å². The van der Waals surface area contributed by atoms with E-state index < -0.39 is 5.41 Å². The van der Waals surface area contributed by atoms with Crippen LogP contribution in [-0.4, -0.2) is 15.6 Å². The highest BCUT2D eigenvalue weighted by Crippen LogP contribution is 2.48. The zero-order valence-corrected chi connectivity index (χ0v) is 17.2. The van der Waals surface area contributed by atoms with Gasteiger partial charge in [0.1, 0.15) is 11.5 Å². The number of nitriles is 1. The molecule has 0 spiro atoms. The second-order valence-electron chi connectivity index (χ2n) is 7.94. The van der Waals surface area contributed by atoms with Crippen LogP contribution < -0.4 is 0 Å². The molecule has 0 saturated heterocycles. The van der Waals surface area contributed by atoms with Gasteiger partial charge in [-0.3, -0.25) is 4.79 Å². The third-order valence-corrected chi connectivity index (χ3v) is 6.12. The summed E-state index contributed by atoms with van der Waals surface area (Å²) in [5.41, 5.74) is 2.86. The Morgan fingerprint density at radius 2 is 1.87 bits per heavy atom. The van der Waals surface area contributed by atoms with E-state index in [4.69, 9.17) is 16.7 Å². The number of carbonyl (C=O) groups is 1. The summed E-state index contributed by atoms with van der Waals surface area (Å²) in [5, 5.41) is 15.5. The molecule has 0 radical (unpaired) electrons. The van der Waals surface area contributed by atoms with Gasteiger partial charge in [0.15, 0.2) is 5.78 Å². The highest BCUT2D eigenvalue weighted by Gasteiger charge is 2.44. The lowest BCUT2D eigenvalue weighted by Gasteiger charge is -2.07. The van der Waals surface area contributed by atoms with Crippen molar-refractivity contribution >= 4 is 28.3 Å². The van der Waals surface area contributed by atoms with Crippen molar-refractivity contribution in [1.29, 1.82) is 5.26 Å². The molecule has 0 amide bonds. The first-order chi connectivity index (χ1) is 15.0. The molecule has 5 rings (SSSR count). The monoisotopic (exact) mass is 429 g/mol. The highest BCUT2D eigenvalue weighted by atomic mass is 35.5. The Balaban J connectivity index is 1.68. The molecule has 0 aliphatic heterocycles. The minimum absolute atomic E-state index is 0.0629. The topological polar surface area (TPSA) is 58.7 Å². The van der Waals surface area contributed by atoms with E-state index in [-0.39, 0.29) is 18.0 Å². The fourth-order valence-corrected chi connectivity index (χ4v) is 4.03. The fraction of sp³-hybridized carbons (Fsp3) is 0.160. The number of fused-ring (bicyclic) bond motifs is 1. The maximum Gasteiger partial charge on any atom is 0.164 e. The molecule has 31 heavy (non-hydrogen) atoms. The van der Waals surface area contributed by atoms with Gasteiger partial charge in [-0.05, 0) is 55.3 Å². The molecule has 0 atom stereocenters. The largest absolute Gasteiger partial charge is 0.294 e. The molecule has 1 saturated carbocycles. The second kappa shape index (κ2) is 7.33. The van der Waals surface area contributed by atoms with Crippen LogP contribution in [0.5, 0.6) is 0 Å². The summed E-state index contributed by atoms with van der Waals surface area (Å²) < 4.78 is 15.2. The van der Waals surface area contributed by atoms with E-state index in [0.29, 0.717) is 27.5 Å². The molecular formula is C25H17ClFN3O. The smallest absolute Gasteiger partial charge is 0.164 e. The summed E-state index contributed by atoms with van der Waals surface area (Å²) in [5.74, 6) is -0.402. The number of rotatable bonds is 5. The van der Waals surface area contributed by atoms with E-state index in [1.807, 2.05) is 24.3 Å². The molecule has 4 nitrogen and oxygen atoms in total. The molecule has 1 aliphatic rings. The number of benzene rings is 3. The van der Waals surface area contributed by atoms with Gasteiger partial charge in [0.2, 0.25) is 0 Å². The Hall–Kier alpha value is -3.49. The van der Waals surface area contributed by atoms with E-state index in [2.05, 4.69) is 6.07 Å². The van der Waals surface area contributed by atoms with Crippen molar-refractivity contribution in [2.45, 2.75) is 19.3 Å². The average Bonchev–Trinajstić information content (AvgIpc) is 3.46. The Bertz CT molecular complexity index is 1360. The van der Waals surface area contributed by atoms with Crippen molar-refractivity contribution in [1.82, 2.24) is 9.78 Å². The van der Waals surface area contributed by atoms with Crippen LogP contribution in [0.2, 0.25) is 5.02 Å². The van der Waals surface area contributed by atoms with Crippen LogP contribution in [0.1, 0.15) is 29.6 Å². The molecule has 0 bridgehead atoms. The summed E-state index contributed by atoms with van der Waals surface area (Å²) in [6.45, 7) is 0. The Morgan fingerprint density at radius 3 is 2.55 bits per heavy atom. The van der Waals surface area contributed by atoms with Gasteiger partial charge in [-0.1, -0.05) is 35.9 Å². The van der Waals surface area contributed by atoms with Gasteiger partial charge >= 0.3 is 0 Å². The van der Waals surface area contributed by atoms with E-state index in [0.717, 1.165) is 23.8 Å². The molecule has 4 aromatic rings. The lowest BCUT2D eigenvalue weighted by Crippen LogP contribution is -2.08. The van der Waals surface area contributed by atoms with Crippen LogP contribution in [0.25, 0.3) is 27.8 Å². The standard InChI is InChI=1S/C25H17ClFN3O/c26-21-4-2-1-3-19(21)24-20-10-5-16(23(31)14-25(15-28)11-12-25)13-22(20)30(29-24)18-8-6-17(27)7-9-18/h1-10,13H,11-12,14H2. The zero-order valence-electron chi connectivity index (χ0n) is 16.5. The van der Waals surface area contributed by atoms with Crippen molar-refractivity contribution in [2.24, 2.45) is 5.41 Å². The predicted molar refractivity (Wildman–Crippen MR) is 118 cm³/mol. The quantitative estimate of drug-likeness (QED) is 0.347. The summed E-state index contributed by atoms with van der Waals surface area (Å²) in [7, 11) is 0. The third-order valence-electron chi connectivity index (χ3n) is 5.79. The molecule has 152 valence electrons. The molecule has 1 fully saturated rings.